The van der Waals surface area contributed by atoms with Gasteiger partial charge in [0, 0.05) is 10.7 Å². The molecule has 0 unspecified atom stereocenters. The number of nitrogens with zero attached hydrogens (tertiary/aromatic N) is 2. The molecular weight excluding hydrogens is 312 g/mol. The standard InChI is InChI=1S/C13H11BrN2O3/c1-8-11(12(17)18)6-15-13(16-8)19-7-9-3-2-4-10(14)5-9/h2-6H,7H2,1H3,(H,17,18). The number of carbonyl (C=O) groups is 1. The first-order valence-corrected chi connectivity index (χ1v) is 6.30. The van der Waals surface area contributed by atoms with Gasteiger partial charge < -0.3 is 9.84 Å². The van der Waals surface area contributed by atoms with Crippen LogP contribution in [0.2, 0.25) is 0 Å². The molecular formula is C13H11BrN2O3. The van der Waals surface area contributed by atoms with Crippen molar-refractivity contribution >= 4 is 21.9 Å². The molecule has 0 aliphatic rings. The topological polar surface area (TPSA) is 72.3 Å². The molecule has 0 saturated heterocycles. The number of aryl methyl sites for hydroxylation is 1. The van der Waals surface area contributed by atoms with Crippen LogP contribution in [0, 0.1) is 6.92 Å². The lowest BCUT2D eigenvalue weighted by Gasteiger charge is -2.06. The Morgan fingerprint density at radius 2 is 2.26 bits per heavy atom. The van der Waals surface area contributed by atoms with Crippen molar-refractivity contribution in [1.82, 2.24) is 9.97 Å². The molecule has 5 nitrogen and oxygen atoms in total. The highest BCUT2D eigenvalue weighted by Crippen LogP contribution is 2.14. The molecule has 0 aliphatic carbocycles. The number of halogens is 1. The summed E-state index contributed by atoms with van der Waals surface area (Å²) in [6, 6.07) is 7.85. The molecule has 0 spiro atoms. The predicted octanol–water partition coefficient (Wildman–Crippen LogP) is 2.82. The number of hydrogen-bond donors (Lipinski definition) is 1. The second-order valence-corrected chi connectivity index (χ2v) is 4.79. The molecule has 98 valence electrons. The quantitative estimate of drug-likeness (QED) is 0.937. The molecule has 19 heavy (non-hydrogen) atoms. The zero-order chi connectivity index (χ0) is 13.8. The SMILES string of the molecule is Cc1nc(OCc2cccc(Br)c2)ncc1C(=O)O. The lowest BCUT2D eigenvalue weighted by atomic mass is 10.2. The largest absolute Gasteiger partial charge is 0.478 e. The average molecular weight is 323 g/mol. The monoisotopic (exact) mass is 322 g/mol. The van der Waals surface area contributed by atoms with Gasteiger partial charge in [-0.15, -0.1) is 0 Å². The summed E-state index contributed by atoms with van der Waals surface area (Å²) >= 11 is 3.37. The van der Waals surface area contributed by atoms with E-state index in [1.165, 1.54) is 6.20 Å². The average Bonchev–Trinajstić information content (AvgIpc) is 2.36. The fraction of sp³-hybridized carbons (Fsp3) is 0.154. The van der Waals surface area contributed by atoms with Crippen LogP contribution in [-0.2, 0) is 6.61 Å². The third kappa shape index (κ3) is 3.51. The Balaban J connectivity index is 2.08. The van der Waals surface area contributed by atoms with E-state index in [-0.39, 0.29) is 11.6 Å². The summed E-state index contributed by atoms with van der Waals surface area (Å²) in [5.41, 5.74) is 1.43. The molecule has 1 N–H and O–H groups in total. The smallest absolute Gasteiger partial charge is 0.339 e. The van der Waals surface area contributed by atoms with Crippen LogP contribution in [0.1, 0.15) is 21.6 Å². The molecule has 2 rings (SSSR count). The van der Waals surface area contributed by atoms with E-state index in [0.29, 0.717) is 12.3 Å². The highest BCUT2D eigenvalue weighted by Gasteiger charge is 2.10. The van der Waals surface area contributed by atoms with Gasteiger partial charge in [-0.2, -0.15) is 4.98 Å². The van der Waals surface area contributed by atoms with Gasteiger partial charge in [-0.05, 0) is 24.6 Å². The summed E-state index contributed by atoms with van der Waals surface area (Å²) in [5.74, 6) is -1.05. The van der Waals surface area contributed by atoms with E-state index in [4.69, 9.17) is 9.84 Å². The van der Waals surface area contributed by atoms with E-state index in [1.54, 1.807) is 6.92 Å². The van der Waals surface area contributed by atoms with Crippen molar-refractivity contribution in [2.24, 2.45) is 0 Å². The maximum atomic E-state index is 10.8. The third-order valence-electron chi connectivity index (χ3n) is 2.44. The Morgan fingerprint density at radius 1 is 1.47 bits per heavy atom. The Labute approximate surface area is 118 Å². The van der Waals surface area contributed by atoms with Gasteiger partial charge in [0.15, 0.2) is 0 Å². The Morgan fingerprint density at radius 3 is 2.89 bits per heavy atom. The van der Waals surface area contributed by atoms with E-state index in [2.05, 4.69) is 25.9 Å². The lowest BCUT2D eigenvalue weighted by molar-refractivity contribution is 0.0695. The van der Waals surface area contributed by atoms with Crippen molar-refractivity contribution in [3.05, 3.63) is 51.8 Å². The number of aromatic carboxylic acids is 1. The molecule has 1 aromatic carbocycles. The number of rotatable bonds is 4. The van der Waals surface area contributed by atoms with Crippen LogP contribution in [0.25, 0.3) is 0 Å². The van der Waals surface area contributed by atoms with Crippen LogP contribution in [0.5, 0.6) is 6.01 Å². The van der Waals surface area contributed by atoms with E-state index in [1.807, 2.05) is 24.3 Å². The number of aromatic nitrogens is 2. The zero-order valence-electron chi connectivity index (χ0n) is 10.1. The van der Waals surface area contributed by atoms with Crippen LogP contribution in [0.3, 0.4) is 0 Å². The first-order chi connectivity index (χ1) is 9.06. The van der Waals surface area contributed by atoms with Crippen molar-refractivity contribution in [2.45, 2.75) is 13.5 Å². The maximum Gasteiger partial charge on any atom is 0.339 e. The van der Waals surface area contributed by atoms with E-state index >= 15 is 0 Å². The van der Waals surface area contributed by atoms with Gasteiger partial charge in [-0.3, -0.25) is 0 Å². The van der Waals surface area contributed by atoms with Gasteiger partial charge in [0.05, 0.1) is 11.3 Å². The van der Waals surface area contributed by atoms with Crippen LogP contribution in [-0.4, -0.2) is 21.0 Å². The van der Waals surface area contributed by atoms with Crippen molar-refractivity contribution in [3.8, 4) is 6.01 Å². The molecule has 0 amide bonds. The first-order valence-electron chi connectivity index (χ1n) is 5.50. The molecule has 0 fully saturated rings. The Bertz CT molecular complexity index is 617. The first kappa shape index (κ1) is 13.5. The molecule has 0 bridgehead atoms. The minimum Gasteiger partial charge on any atom is -0.478 e. The Kier molecular flexibility index (Phi) is 4.11. The summed E-state index contributed by atoms with van der Waals surface area (Å²) in [6.45, 7) is 1.93. The van der Waals surface area contributed by atoms with Gasteiger partial charge in [0.2, 0.25) is 0 Å². The van der Waals surface area contributed by atoms with Gasteiger partial charge in [-0.25, -0.2) is 9.78 Å². The number of benzene rings is 1. The molecule has 0 radical (unpaired) electrons. The molecule has 0 atom stereocenters. The minimum absolute atomic E-state index is 0.0785. The normalized spacial score (nSPS) is 10.2. The van der Waals surface area contributed by atoms with Crippen molar-refractivity contribution < 1.29 is 14.6 Å². The summed E-state index contributed by atoms with van der Waals surface area (Å²) in [4.78, 5) is 18.7. The van der Waals surface area contributed by atoms with Crippen molar-refractivity contribution in [2.75, 3.05) is 0 Å². The number of carboxylic acids is 1. The molecule has 1 aromatic heterocycles. The summed E-state index contributed by atoms with van der Waals surface area (Å²) < 4.78 is 6.39. The van der Waals surface area contributed by atoms with Gasteiger partial charge in [0.1, 0.15) is 6.61 Å². The van der Waals surface area contributed by atoms with Crippen LogP contribution in [0.15, 0.2) is 34.9 Å². The summed E-state index contributed by atoms with van der Waals surface area (Å²) in [6.07, 6.45) is 1.25. The lowest BCUT2D eigenvalue weighted by Crippen LogP contribution is -2.06. The predicted molar refractivity (Wildman–Crippen MR) is 72.2 cm³/mol. The molecule has 6 heteroatoms. The van der Waals surface area contributed by atoms with E-state index in [9.17, 15) is 4.79 Å². The highest BCUT2D eigenvalue weighted by molar-refractivity contribution is 9.10. The number of ether oxygens (including phenoxy) is 1. The molecule has 0 aliphatic heterocycles. The van der Waals surface area contributed by atoms with Gasteiger partial charge in [-0.1, -0.05) is 28.1 Å². The van der Waals surface area contributed by atoms with Crippen LogP contribution < -0.4 is 4.74 Å². The van der Waals surface area contributed by atoms with Gasteiger partial charge >= 0.3 is 12.0 Å². The second kappa shape index (κ2) is 5.79. The second-order valence-electron chi connectivity index (χ2n) is 3.88. The maximum absolute atomic E-state index is 10.8. The molecule has 2 aromatic rings. The Hall–Kier alpha value is -1.95. The van der Waals surface area contributed by atoms with Crippen molar-refractivity contribution in [3.63, 3.8) is 0 Å². The van der Waals surface area contributed by atoms with Crippen LogP contribution >= 0.6 is 15.9 Å². The summed E-state index contributed by atoms with van der Waals surface area (Å²) in [5, 5.41) is 8.87. The van der Waals surface area contributed by atoms with Crippen LogP contribution in [0.4, 0.5) is 0 Å². The fourth-order valence-corrected chi connectivity index (χ4v) is 1.95. The van der Waals surface area contributed by atoms with Crippen molar-refractivity contribution in [1.29, 1.82) is 0 Å². The third-order valence-corrected chi connectivity index (χ3v) is 2.94. The number of hydrogen-bond acceptors (Lipinski definition) is 4. The summed E-state index contributed by atoms with van der Waals surface area (Å²) in [7, 11) is 0. The zero-order valence-corrected chi connectivity index (χ0v) is 11.7. The molecule has 0 saturated carbocycles. The highest BCUT2D eigenvalue weighted by atomic mass is 79.9. The van der Waals surface area contributed by atoms with E-state index in [0.717, 1.165) is 10.0 Å². The minimum atomic E-state index is -1.05. The number of carboxylic acid groups (broad SMARTS) is 1. The molecule has 1 heterocycles. The fourth-order valence-electron chi connectivity index (χ4n) is 1.50. The van der Waals surface area contributed by atoms with Gasteiger partial charge in [0.25, 0.3) is 0 Å². The van der Waals surface area contributed by atoms with E-state index < -0.39 is 5.97 Å².